The number of likely N-dealkylation sites (N-methyl/N-ethyl adjacent to an activating group) is 1. The molecule has 0 aromatic heterocycles. The van der Waals surface area contributed by atoms with Crippen molar-refractivity contribution in [3.63, 3.8) is 0 Å². The fourth-order valence-electron chi connectivity index (χ4n) is 2.25. The molecule has 0 atom stereocenters. The Morgan fingerprint density at radius 1 is 1.45 bits per heavy atom. The molecule has 4 nitrogen and oxygen atoms in total. The molecule has 0 saturated carbocycles. The first kappa shape index (κ1) is 14.9. The smallest absolute Gasteiger partial charge is 0.236 e. The zero-order chi connectivity index (χ0) is 14.7. The summed E-state index contributed by atoms with van der Waals surface area (Å²) in [6.07, 6.45) is 0.898. The monoisotopic (exact) mass is 295 g/mol. The molecule has 1 heterocycles. The number of benzene rings is 1. The van der Waals surface area contributed by atoms with Crippen LogP contribution >= 0.6 is 12.2 Å². The number of carbonyl (C=O) groups is 1. The van der Waals surface area contributed by atoms with Gasteiger partial charge in [-0.2, -0.15) is 0 Å². The number of hydrogen-bond donors (Lipinski definition) is 1. The van der Waals surface area contributed by atoms with Gasteiger partial charge < -0.3 is 10.6 Å². The Balaban J connectivity index is 2.09. The standard InChI is InChI=1S/C14H18FN3OS/c1-17-5-2-6-18(9-13(17)19)8-11-4-3-10(14(16)20)7-12(11)15/h3-4,7H,2,5-6,8-9H2,1H3,(H2,16,20). The van der Waals surface area contributed by atoms with Gasteiger partial charge in [-0.15, -0.1) is 0 Å². The summed E-state index contributed by atoms with van der Waals surface area (Å²) in [5.74, 6) is -0.261. The lowest BCUT2D eigenvalue weighted by atomic mass is 10.1. The molecule has 1 fully saturated rings. The lowest BCUT2D eigenvalue weighted by molar-refractivity contribution is -0.130. The fraction of sp³-hybridized carbons (Fsp3) is 0.429. The Kier molecular flexibility index (Phi) is 4.67. The predicted molar refractivity (Wildman–Crippen MR) is 79.8 cm³/mol. The molecule has 1 aromatic rings. The number of rotatable bonds is 3. The number of nitrogens with two attached hydrogens (primary N) is 1. The second-order valence-corrected chi connectivity index (χ2v) is 5.49. The molecule has 0 radical (unpaired) electrons. The highest BCUT2D eigenvalue weighted by Crippen LogP contribution is 2.14. The summed E-state index contributed by atoms with van der Waals surface area (Å²) >= 11 is 4.82. The number of amides is 1. The topological polar surface area (TPSA) is 49.6 Å². The molecule has 6 heteroatoms. The number of thiocarbonyl (C=S) groups is 1. The van der Waals surface area contributed by atoms with Gasteiger partial charge in [0.2, 0.25) is 5.91 Å². The van der Waals surface area contributed by atoms with Crippen LogP contribution < -0.4 is 5.73 Å². The van der Waals surface area contributed by atoms with Crippen LogP contribution in [0.25, 0.3) is 0 Å². The van der Waals surface area contributed by atoms with Crippen molar-refractivity contribution in [2.75, 3.05) is 26.7 Å². The molecule has 0 bridgehead atoms. The highest BCUT2D eigenvalue weighted by atomic mass is 32.1. The Morgan fingerprint density at radius 3 is 2.85 bits per heavy atom. The quantitative estimate of drug-likeness (QED) is 0.849. The van der Waals surface area contributed by atoms with Crippen LogP contribution in [0.2, 0.25) is 0 Å². The third kappa shape index (κ3) is 3.52. The molecule has 108 valence electrons. The summed E-state index contributed by atoms with van der Waals surface area (Å²) in [5.41, 5.74) is 6.55. The van der Waals surface area contributed by atoms with Gasteiger partial charge in [0.05, 0.1) is 6.54 Å². The van der Waals surface area contributed by atoms with Crippen molar-refractivity contribution in [3.8, 4) is 0 Å². The lowest BCUT2D eigenvalue weighted by Gasteiger charge is -2.19. The SMILES string of the molecule is CN1CCCN(Cc2ccc(C(N)=S)cc2F)CC1=O. The molecule has 1 amide bonds. The van der Waals surface area contributed by atoms with Gasteiger partial charge in [0, 0.05) is 37.8 Å². The summed E-state index contributed by atoms with van der Waals surface area (Å²) < 4.78 is 14.0. The van der Waals surface area contributed by atoms with Gasteiger partial charge >= 0.3 is 0 Å². The van der Waals surface area contributed by atoms with Gasteiger partial charge in [-0.25, -0.2) is 4.39 Å². The van der Waals surface area contributed by atoms with Crippen molar-refractivity contribution in [1.82, 2.24) is 9.80 Å². The van der Waals surface area contributed by atoms with Crippen LogP contribution in [-0.4, -0.2) is 47.4 Å². The van der Waals surface area contributed by atoms with Crippen molar-refractivity contribution >= 4 is 23.1 Å². The van der Waals surface area contributed by atoms with E-state index in [1.165, 1.54) is 6.07 Å². The highest BCUT2D eigenvalue weighted by Gasteiger charge is 2.19. The van der Waals surface area contributed by atoms with E-state index in [0.29, 0.717) is 24.2 Å². The summed E-state index contributed by atoms with van der Waals surface area (Å²) in [4.78, 5) is 15.7. The van der Waals surface area contributed by atoms with E-state index >= 15 is 0 Å². The van der Waals surface area contributed by atoms with E-state index < -0.39 is 0 Å². The predicted octanol–water partition coefficient (Wildman–Crippen LogP) is 1.12. The average molecular weight is 295 g/mol. The van der Waals surface area contributed by atoms with Crippen molar-refractivity contribution in [2.24, 2.45) is 5.73 Å². The van der Waals surface area contributed by atoms with Gasteiger partial charge in [0.15, 0.2) is 0 Å². The Labute approximate surface area is 123 Å². The molecule has 1 saturated heterocycles. The summed E-state index contributed by atoms with van der Waals surface area (Å²) in [7, 11) is 1.80. The average Bonchev–Trinajstić information content (AvgIpc) is 2.54. The summed E-state index contributed by atoms with van der Waals surface area (Å²) in [5, 5.41) is 0. The molecule has 1 aliphatic rings. The normalized spacial score (nSPS) is 17.1. The Hall–Kier alpha value is -1.53. The Bertz CT molecular complexity index is 535. The van der Waals surface area contributed by atoms with E-state index in [-0.39, 0.29) is 16.7 Å². The second-order valence-electron chi connectivity index (χ2n) is 5.05. The molecule has 0 unspecified atom stereocenters. The molecule has 0 spiro atoms. The van der Waals surface area contributed by atoms with Crippen LogP contribution in [0.1, 0.15) is 17.5 Å². The van der Waals surface area contributed by atoms with Crippen LogP contribution in [-0.2, 0) is 11.3 Å². The minimum absolute atomic E-state index is 0.0719. The third-order valence-corrected chi connectivity index (χ3v) is 3.72. The Morgan fingerprint density at radius 2 is 2.20 bits per heavy atom. The molecule has 0 aliphatic carbocycles. The van der Waals surface area contributed by atoms with E-state index in [2.05, 4.69) is 0 Å². The number of halogens is 1. The fourth-order valence-corrected chi connectivity index (χ4v) is 2.38. The van der Waals surface area contributed by atoms with E-state index in [0.717, 1.165) is 19.5 Å². The van der Waals surface area contributed by atoms with Gasteiger partial charge in [-0.3, -0.25) is 9.69 Å². The highest BCUT2D eigenvalue weighted by molar-refractivity contribution is 7.80. The molecule has 20 heavy (non-hydrogen) atoms. The van der Waals surface area contributed by atoms with E-state index in [9.17, 15) is 9.18 Å². The number of nitrogens with zero attached hydrogens (tertiary/aromatic N) is 2. The van der Waals surface area contributed by atoms with Crippen LogP contribution in [0.15, 0.2) is 18.2 Å². The van der Waals surface area contributed by atoms with Gasteiger partial charge in [-0.1, -0.05) is 24.4 Å². The summed E-state index contributed by atoms with van der Waals surface area (Å²) in [6.45, 7) is 2.28. The van der Waals surface area contributed by atoms with Crippen molar-refractivity contribution in [2.45, 2.75) is 13.0 Å². The van der Waals surface area contributed by atoms with Crippen LogP contribution in [0, 0.1) is 5.82 Å². The van der Waals surface area contributed by atoms with Crippen molar-refractivity contribution < 1.29 is 9.18 Å². The molecule has 1 aliphatic heterocycles. The number of carbonyl (C=O) groups excluding carboxylic acids is 1. The van der Waals surface area contributed by atoms with Crippen molar-refractivity contribution in [3.05, 3.63) is 35.1 Å². The zero-order valence-electron chi connectivity index (χ0n) is 11.4. The van der Waals surface area contributed by atoms with Gasteiger partial charge in [0.25, 0.3) is 0 Å². The first-order valence-electron chi connectivity index (χ1n) is 6.52. The lowest BCUT2D eigenvalue weighted by Crippen LogP contribution is -2.34. The minimum atomic E-state index is -0.333. The van der Waals surface area contributed by atoms with Crippen molar-refractivity contribution in [1.29, 1.82) is 0 Å². The second kappa shape index (κ2) is 6.28. The maximum atomic E-state index is 14.0. The van der Waals surface area contributed by atoms with Gasteiger partial charge in [0.1, 0.15) is 10.8 Å². The van der Waals surface area contributed by atoms with Crippen LogP contribution in [0.3, 0.4) is 0 Å². The molecule has 1 aromatic carbocycles. The van der Waals surface area contributed by atoms with E-state index in [1.807, 2.05) is 4.90 Å². The molecule has 2 N–H and O–H groups in total. The van der Waals surface area contributed by atoms with E-state index in [4.69, 9.17) is 18.0 Å². The van der Waals surface area contributed by atoms with E-state index in [1.54, 1.807) is 24.1 Å². The largest absolute Gasteiger partial charge is 0.389 e. The first-order chi connectivity index (χ1) is 9.47. The molecular formula is C14H18FN3OS. The zero-order valence-corrected chi connectivity index (χ0v) is 12.3. The number of hydrogen-bond acceptors (Lipinski definition) is 3. The first-order valence-corrected chi connectivity index (χ1v) is 6.93. The summed E-state index contributed by atoms with van der Waals surface area (Å²) in [6, 6.07) is 4.75. The minimum Gasteiger partial charge on any atom is -0.389 e. The molecular weight excluding hydrogens is 277 g/mol. The maximum Gasteiger partial charge on any atom is 0.236 e. The third-order valence-electron chi connectivity index (χ3n) is 3.48. The maximum absolute atomic E-state index is 14.0. The van der Waals surface area contributed by atoms with Crippen LogP contribution in [0.5, 0.6) is 0 Å². The molecule has 2 rings (SSSR count). The van der Waals surface area contributed by atoms with Crippen LogP contribution in [0.4, 0.5) is 4.39 Å². The van der Waals surface area contributed by atoms with Gasteiger partial charge in [-0.05, 0) is 12.5 Å².